The minimum atomic E-state index is 0.237. The van der Waals surface area contributed by atoms with Crippen LogP contribution in [-0.4, -0.2) is 51.2 Å². The van der Waals surface area contributed by atoms with Gasteiger partial charge in [-0.3, -0.25) is 4.79 Å². The number of likely N-dealkylation sites (tertiary alicyclic amines) is 1. The fraction of sp³-hybridized carbons (Fsp3) is 0.786. The van der Waals surface area contributed by atoms with E-state index in [1.165, 1.54) is 6.42 Å². The molecule has 2 atom stereocenters. The van der Waals surface area contributed by atoms with Gasteiger partial charge in [-0.2, -0.15) is 5.10 Å². The van der Waals surface area contributed by atoms with Crippen LogP contribution in [0.15, 0.2) is 6.33 Å². The second-order valence-electron chi connectivity index (χ2n) is 6.06. The first kappa shape index (κ1) is 13.5. The Morgan fingerprint density at radius 2 is 2.35 bits per heavy atom. The van der Waals surface area contributed by atoms with Crippen molar-refractivity contribution in [2.45, 2.75) is 45.2 Å². The third kappa shape index (κ3) is 3.00. The molecule has 1 aromatic rings. The molecule has 2 unspecified atom stereocenters. The van der Waals surface area contributed by atoms with Crippen LogP contribution in [0, 0.1) is 5.92 Å². The van der Waals surface area contributed by atoms with Crippen molar-refractivity contribution in [2.75, 3.05) is 19.6 Å². The van der Waals surface area contributed by atoms with Crippen molar-refractivity contribution in [3.63, 3.8) is 0 Å². The van der Waals surface area contributed by atoms with Crippen LogP contribution < -0.4 is 5.32 Å². The van der Waals surface area contributed by atoms with Crippen LogP contribution in [0.25, 0.3) is 0 Å². The van der Waals surface area contributed by atoms with Gasteiger partial charge in [0, 0.05) is 25.6 Å². The Hall–Kier alpha value is -1.43. The molecule has 3 heterocycles. The average Bonchev–Trinajstić information content (AvgIpc) is 2.92. The van der Waals surface area contributed by atoms with Gasteiger partial charge in [0.05, 0.1) is 13.1 Å². The normalized spacial score (nSPS) is 26.4. The molecule has 0 aromatic carbocycles. The van der Waals surface area contributed by atoms with Crippen molar-refractivity contribution in [1.29, 1.82) is 0 Å². The number of carbonyl (C=O) groups is 1. The van der Waals surface area contributed by atoms with Crippen molar-refractivity contribution < 1.29 is 4.79 Å². The second kappa shape index (κ2) is 5.91. The number of aromatic nitrogens is 3. The molecular formula is C14H23N5O. The van der Waals surface area contributed by atoms with E-state index in [0.29, 0.717) is 18.5 Å². The number of carbonyl (C=O) groups excluding carboxylic acids is 1. The smallest absolute Gasteiger partial charge is 0.236 e. The Kier molecular flexibility index (Phi) is 4.00. The van der Waals surface area contributed by atoms with Crippen molar-refractivity contribution >= 4 is 5.91 Å². The maximum Gasteiger partial charge on any atom is 0.236 e. The van der Waals surface area contributed by atoms with E-state index >= 15 is 0 Å². The number of fused-ring (bicyclic) bond motifs is 1. The van der Waals surface area contributed by atoms with Crippen LogP contribution in [0.2, 0.25) is 0 Å². The number of piperidine rings is 1. The summed E-state index contributed by atoms with van der Waals surface area (Å²) in [6.07, 6.45) is 5.96. The minimum absolute atomic E-state index is 0.237. The molecule has 6 heteroatoms. The lowest BCUT2D eigenvalue weighted by Gasteiger charge is -2.32. The van der Waals surface area contributed by atoms with E-state index in [1.807, 2.05) is 9.58 Å². The minimum Gasteiger partial charge on any atom is -0.341 e. The molecule has 6 nitrogen and oxygen atoms in total. The van der Waals surface area contributed by atoms with Gasteiger partial charge in [0.2, 0.25) is 5.91 Å². The molecule has 1 aromatic heterocycles. The van der Waals surface area contributed by atoms with Crippen molar-refractivity contribution in [1.82, 2.24) is 25.0 Å². The molecule has 1 amide bonds. The largest absolute Gasteiger partial charge is 0.341 e. The molecule has 20 heavy (non-hydrogen) atoms. The lowest BCUT2D eigenvalue weighted by molar-refractivity contribution is -0.132. The number of aryl methyl sites for hydroxylation is 1. The molecule has 0 bridgehead atoms. The Morgan fingerprint density at radius 3 is 3.20 bits per heavy atom. The maximum absolute atomic E-state index is 12.2. The van der Waals surface area contributed by atoms with E-state index < -0.39 is 0 Å². The highest BCUT2D eigenvalue weighted by Gasteiger charge is 2.23. The van der Waals surface area contributed by atoms with Crippen LogP contribution >= 0.6 is 0 Å². The molecule has 0 spiro atoms. The molecule has 2 aliphatic heterocycles. The molecule has 0 radical (unpaired) electrons. The highest BCUT2D eigenvalue weighted by Crippen LogP contribution is 2.15. The zero-order chi connectivity index (χ0) is 13.9. The monoisotopic (exact) mass is 277 g/mol. The van der Waals surface area contributed by atoms with Gasteiger partial charge in [0.25, 0.3) is 0 Å². The SMILES string of the molecule is CC1CCCN(C(=O)CNC2CCc3ncnn3C2)C1. The fourth-order valence-electron chi connectivity index (χ4n) is 3.16. The van der Waals surface area contributed by atoms with E-state index in [4.69, 9.17) is 0 Å². The predicted octanol–water partition coefficient (Wildman–Crippen LogP) is 0.441. The lowest BCUT2D eigenvalue weighted by Crippen LogP contribution is -2.47. The summed E-state index contributed by atoms with van der Waals surface area (Å²) in [7, 11) is 0. The number of rotatable bonds is 3. The van der Waals surface area contributed by atoms with Gasteiger partial charge in [0.1, 0.15) is 12.2 Å². The summed E-state index contributed by atoms with van der Waals surface area (Å²) in [5.41, 5.74) is 0. The van der Waals surface area contributed by atoms with E-state index in [0.717, 1.165) is 44.7 Å². The summed E-state index contributed by atoms with van der Waals surface area (Å²) in [4.78, 5) is 18.4. The number of hydrogen-bond donors (Lipinski definition) is 1. The van der Waals surface area contributed by atoms with Crippen molar-refractivity contribution in [2.24, 2.45) is 5.92 Å². The van der Waals surface area contributed by atoms with Crippen LogP contribution in [-0.2, 0) is 17.8 Å². The van der Waals surface area contributed by atoms with E-state index in [2.05, 4.69) is 22.3 Å². The molecule has 110 valence electrons. The Morgan fingerprint density at radius 1 is 1.45 bits per heavy atom. The van der Waals surface area contributed by atoms with Crippen LogP contribution in [0.5, 0.6) is 0 Å². The number of nitrogens with one attached hydrogen (secondary N) is 1. The third-order valence-corrected chi connectivity index (χ3v) is 4.36. The quantitative estimate of drug-likeness (QED) is 0.871. The summed E-state index contributed by atoms with van der Waals surface area (Å²) in [6, 6.07) is 0.329. The number of hydrogen-bond acceptors (Lipinski definition) is 4. The van der Waals surface area contributed by atoms with Crippen molar-refractivity contribution in [3.8, 4) is 0 Å². The fourth-order valence-corrected chi connectivity index (χ4v) is 3.16. The third-order valence-electron chi connectivity index (χ3n) is 4.36. The summed E-state index contributed by atoms with van der Waals surface area (Å²) < 4.78 is 1.94. The van der Waals surface area contributed by atoms with Gasteiger partial charge < -0.3 is 10.2 Å². The summed E-state index contributed by atoms with van der Waals surface area (Å²) in [5, 5.41) is 7.59. The lowest BCUT2D eigenvalue weighted by atomic mass is 10.0. The molecule has 1 N–H and O–H groups in total. The number of amides is 1. The van der Waals surface area contributed by atoms with Crippen LogP contribution in [0.4, 0.5) is 0 Å². The van der Waals surface area contributed by atoms with Crippen LogP contribution in [0.1, 0.15) is 32.0 Å². The van der Waals surface area contributed by atoms with E-state index in [9.17, 15) is 4.79 Å². The zero-order valence-corrected chi connectivity index (χ0v) is 12.1. The average molecular weight is 277 g/mol. The van der Waals surface area contributed by atoms with Crippen LogP contribution in [0.3, 0.4) is 0 Å². The molecule has 1 fully saturated rings. The van der Waals surface area contributed by atoms with Crippen molar-refractivity contribution in [3.05, 3.63) is 12.2 Å². The molecule has 2 aliphatic rings. The first-order chi connectivity index (χ1) is 9.72. The summed E-state index contributed by atoms with van der Waals surface area (Å²) in [5.74, 6) is 1.93. The summed E-state index contributed by atoms with van der Waals surface area (Å²) >= 11 is 0. The zero-order valence-electron chi connectivity index (χ0n) is 12.1. The standard InChI is InChI=1S/C14H23N5O/c1-11-3-2-6-18(8-11)14(20)7-15-12-4-5-13-16-10-17-19(13)9-12/h10-12,15H,2-9H2,1H3. The first-order valence-corrected chi connectivity index (χ1v) is 7.60. The molecule has 3 rings (SSSR count). The van der Waals surface area contributed by atoms with Gasteiger partial charge in [-0.15, -0.1) is 0 Å². The highest BCUT2D eigenvalue weighted by atomic mass is 16.2. The highest BCUT2D eigenvalue weighted by molar-refractivity contribution is 5.78. The summed E-state index contributed by atoms with van der Waals surface area (Å²) in [6.45, 7) is 5.32. The van der Waals surface area contributed by atoms with E-state index in [-0.39, 0.29) is 5.91 Å². The predicted molar refractivity (Wildman–Crippen MR) is 75.1 cm³/mol. The van der Waals surface area contributed by atoms with Gasteiger partial charge in [-0.1, -0.05) is 6.92 Å². The molecule has 1 saturated heterocycles. The Bertz CT molecular complexity index is 472. The topological polar surface area (TPSA) is 63.1 Å². The van der Waals surface area contributed by atoms with Gasteiger partial charge in [0.15, 0.2) is 0 Å². The molecule has 0 saturated carbocycles. The maximum atomic E-state index is 12.2. The molecular weight excluding hydrogens is 254 g/mol. The Balaban J connectivity index is 1.47. The first-order valence-electron chi connectivity index (χ1n) is 7.60. The second-order valence-corrected chi connectivity index (χ2v) is 6.06. The van der Waals surface area contributed by atoms with Gasteiger partial charge in [-0.25, -0.2) is 9.67 Å². The Labute approximate surface area is 119 Å². The number of nitrogens with zero attached hydrogens (tertiary/aromatic N) is 4. The molecule has 0 aliphatic carbocycles. The van der Waals surface area contributed by atoms with E-state index in [1.54, 1.807) is 6.33 Å². The van der Waals surface area contributed by atoms with Gasteiger partial charge >= 0.3 is 0 Å². The van der Waals surface area contributed by atoms with Gasteiger partial charge in [-0.05, 0) is 25.2 Å².